The molecular formula is C23H25ClN2O5. The summed E-state index contributed by atoms with van der Waals surface area (Å²) in [7, 11) is 1.57. The van der Waals surface area contributed by atoms with Gasteiger partial charge in [-0.2, -0.15) is 0 Å². The first-order chi connectivity index (χ1) is 14.8. The molecule has 31 heavy (non-hydrogen) atoms. The molecule has 0 saturated heterocycles. The number of rotatable bonds is 7. The van der Waals surface area contributed by atoms with E-state index in [1.165, 1.54) is 0 Å². The lowest BCUT2D eigenvalue weighted by atomic mass is 9.92. The van der Waals surface area contributed by atoms with Crippen LogP contribution in [0.15, 0.2) is 48.0 Å². The standard InChI is InChI=1S/C23H25ClN2O5/c1-5-30-18-11-8-15(12-17(18)24)21-19(22(27)31-13(2)3)20(25-23(28)26-21)14-6-9-16(29-4)10-7-14/h6-13,21H,5H2,1-4H3,(H2,25,26,28). The number of amides is 2. The first-order valence-electron chi connectivity index (χ1n) is 9.93. The average molecular weight is 445 g/mol. The van der Waals surface area contributed by atoms with Gasteiger partial charge in [0.1, 0.15) is 11.5 Å². The van der Waals surface area contributed by atoms with Crippen LogP contribution >= 0.6 is 11.6 Å². The zero-order chi connectivity index (χ0) is 22.5. The molecule has 2 N–H and O–H groups in total. The van der Waals surface area contributed by atoms with Crippen LogP contribution in [0.5, 0.6) is 11.5 Å². The number of nitrogens with one attached hydrogen (secondary N) is 2. The van der Waals surface area contributed by atoms with Gasteiger partial charge in [0.15, 0.2) is 0 Å². The van der Waals surface area contributed by atoms with Crippen molar-refractivity contribution in [3.63, 3.8) is 0 Å². The number of hydrogen-bond donors (Lipinski definition) is 2. The second-order valence-electron chi connectivity index (χ2n) is 7.13. The molecule has 1 atom stereocenters. The number of carbonyl (C=O) groups is 2. The van der Waals surface area contributed by atoms with Crippen LogP contribution in [-0.2, 0) is 9.53 Å². The van der Waals surface area contributed by atoms with E-state index in [2.05, 4.69) is 10.6 Å². The van der Waals surface area contributed by atoms with Gasteiger partial charge in [0.05, 0.1) is 42.2 Å². The van der Waals surface area contributed by atoms with E-state index >= 15 is 0 Å². The number of halogens is 1. The maximum absolute atomic E-state index is 13.1. The molecule has 1 aliphatic rings. The van der Waals surface area contributed by atoms with Crippen molar-refractivity contribution in [2.45, 2.75) is 32.9 Å². The van der Waals surface area contributed by atoms with Gasteiger partial charge in [-0.05, 0) is 68.3 Å². The van der Waals surface area contributed by atoms with Crippen LogP contribution in [0.2, 0.25) is 5.02 Å². The van der Waals surface area contributed by atoms with Gasteiger partial charge in [0, 0.05) is 0 Å². The van der Waals surface area contributed by atoms with Crippen molar-refractivity contribution in [3.05, 3.63) is 64.2 Å². The molecule has 1 aliphatic heterocycles. The molecule has 1 heterocycles. The number of hydrogen-bond acceptors (Lipinski definition) is 5. The van der Waals surface area contributed by atoms with Gasteiger partial charge in [0.25, 0.3) is 0 Å². The van der Waals surface area contributed by atoms with Crippen LogP contribution in [-0.4, -0.2) is 31.8 Å². The third kappa shape index (κ3) is 5.11. The second kappa shape index (κ2) is 9.75. The van der Waals surface area contributed by atoms with Crippen LogP contribution in [0.25, 0.3) is 5.70 Å². The fourth-order valence-corrected chi connectivity index (χ4v) is 3.51. The smallest absolute Gasteiger partial charge is 0.338 e. The Morgan fingerprint density at radius 3 is 2.45 bits per heavy atom. The summed E-state index contributed by atoms with van der Waals surface area (Å²) < 4.78 is 16.2. The largest absolute Gasteiger partial charge is 0.497 e. The van der Waals surface area contributed by atoms with Gasteiger partial charge in [-0.15, -0.1) is 0 Å². The SMILES string of the molecule is CCOc1ccc(C2NC(=O)NC(c3ccc(OC)cc3)=C2C(=O)OC(C)C)cc1Cl. The van der Waals surface area contributed by atoms with Crippen molar-refractivity contribution in [2.75, 3.05) is 13.7 Å². The summed E-state index contributed by atoms with van der Waals surface area (Å²) in [6.07, 6.45) is -0.334. The Hall–Kier alpha value is -3.19. The number of urea groups is 1. The molecule has 2 aromatic carbocycles. The molecule has 2 aromatic rings. The fourth-order valence-electron chi connectivity index (χ4n) is 3.27. The monoisotopic (exact) mass is 444 g/mol. The molecule has 0 radical (unpaired) electrons. The number of esters is 1. The van der Waals surface area contributed by atoms with E-state index in [1.54, 1.807) is 63.4 Å². The second-order valence-corrected chi connectivity index (χ2v) is 7.53. The minimum Gasteiger partial charge on any atom is -0.497 e. The van der Waals surface area contributed by atoms with Crippen LogP contribution < -0.4 is 20.1 Å². The number of ether oxygens (including phenoxy) is 3. The molecule has 8 heteroatoms. The molecule has 0 spiro atoms. The van der Waals surface area contributed by atoms with Crippen molar-refractivity contribution >= 4 is 29.3 Å². The lowest BCUT2D eigenvalue weighted by molar-refractivity contribution is -0.143. The maximum atomic E-state index is 13.1. The van der Waals surface area contributed by atoms with Gasteiger partial charge in [-0.1, -0.05) is 17.7 Å². The summed E-state index contributed by atoms with van der Waals surface area (Å²) in [4.78, 5) is 25.6. The van der Waals surface area contributed by atoms with Crippen molar-refractivity contribution in [3.8, 4) is 11.5 Å². The summed E-state index contributed by atoms with van der Waals surface area (Å²) in [5.74, 6) is 0.646. The molecule has 164 valence electrons. The molecule has 7 nitrogen and oxygen atoms in total. The van der Waals surface area contributed by atoms with Crippen LogP contribution in [0.4, 0.5) is 4.79 Å². The zero-order valence-corrected chi connectivity index (χ0v) is 18.6. The average Bonchev–Trinajstić information content (AvgIpc) is 2.74. The Kier molecular flexibility index (Phi) is 7.07. The Balaban J connectivity index is 2.14. The summed E-state index contributed by atoms with van der Waals surface area (Å²) in [6.45, 7) is 5.87. The van der Waals surface area contributed by atoms with Crippen molar-refractivity contribution in [2.24, 2.45) is 0 Å². The van der Waals surface area contributed by atoms with Gasteiger partial charge in [-0.3, -0.25) is 0 Å². The normalized spacial score (nSPS) is 15.9. The number of methoxy groups -OCH3 is 1. The Morgan fingerprint density at radius 1 is 1.16 bits per heavy atom. The summed E-state index contributed by atoms with van der Waals surface area (Å²) in [5, 5.41) is 5.94. The molecule has 0 aromatic heterocycles. The quantitative estimate of drug-likeness (QED) is 0.615. The van der Waals surface area contributed by atoms with Crippen molar-refractivity contribution in [1.82, 2.24) is 10.6 Å². The summed E-state index contributed by atoms with van der Waals surface area (Å²) in [6, 6.07) is 11.0. The lowest BCUT2D eigenvalue weighted by Gasteiger charge is -2.30. The van der Waals surface area contributed by atoms with E-state index in [9.17, 15) is 9.59 Å². The highest BCUT2D eigenvalue weighted by molar-refractivity contribution is 6.32. The Morgan fingerprint density at radius 2 is 1.87 bits per heavy atom. The predicted octanol–water partition coefficient (Wildman–Crippen LogP) is 4.46. The summed E-state index contributed by atoms with van der Waals surface area (Å²) >= 11 is 6.36. The highest BCUT2D eigenvalue weighted by Gasteiger charge is 2.35. The lowest BCUT2D eigenvalue weighted by Crippen LogP contribution is -2.45. The third-order valence-electron chi connectivity index (χ3n) is 4.60. The Labute approximate surface area is 186 Å². The Bertz CT molecular complexity index is 1000. The highest BCUT2D eigenvalue weighted by atomic mass is 35.5. The van der Waals surface area contributed by atoms with E-state index < -0.39 is 18.0 Å². The number of benzene rings is 2. The molecule has 1 unspecified atom stereocenters. The van der Waals surface area contributed by atoms with E-state index in [1.807, 2.05) is 6.92 Å². The van der Waals surface area contributed by atoms with Gasteiger partial charge in [-0.25, -0.2) is 9.59 Å². The maximum Gasteiger partial charge on any atom is 0.338 e. The van der Waals surface area contributed by atoms with Crippen LogP contribution in [0, 0.1) is 0 Å². The molecule has 0 fully saturated rings. The molecule has 0 saturated carbocycles. The fraction of sp³-hybridized carbons (Fsp3) is 0.304. The molecule has 0 aliphatic carbocycles. The predicted molar refractivity (Wildman–Crippen MR) is 118 cm³/mol. The van der Waals surface area contributed by atoms with Crippen LogP contribution in [0.1, 0.15) is 37.9 Å². The highest BCUT2D eigenvalue weighted by Crippen LogP contribution is 2.35. The minimum absolute atomic E-state index is 0.277. The van der Waals surface area contributed by atoms with E-state index in [0.29, 0.717) is 40.0 Å². The molecule has 3 rings (SSSR count). The van der Waals surface area contributed by atoms with Crippen molar-refractivity contribution in [1.29, 1.82) is 0 Å². The molecule has 2 amide bonds. The molecule has 0 bridgehead atoms. The van der Waals surface area contributed by atoms with E-state index in [4.69, 9.17) is 25.8 Å². The zero-order valence-electron chi connectivity index (χ0n) is 17.8. The van der Waals surface area contributed by atoms with E-state index in [0.717, 1.165) is 0 Å². The third-order valence-corrected chi connectivity index (χ3v) is 4.90. The number of carbonyl (C=O) groups excluding carboxylic acids is 2. The van der Waals surface area contributed by atoms with E-state index in [-0.39, 0.29) is 11.7 Å². The van der Waals surface area contributed by atoms with Gasteiger partial charge in [0.2, 0.25) is 0 Å². The van der Waals surface area contributed by atoms with Crippen molar-refractivity contribution < 1.29 is 23.8 Å². The minimum atomic E-state index is -0.759. The first-order valence-corrected chi connectivity index (χ1v) is 10.3. The van der Waals surface area contributed by atoms with Gasteiger partial charge < -0.3 is 24.8 Å². The van der Waals surface area contributed by atoms with Crippen LogP contribution in [0.3, 0.4) is 0 Å². The topological polar surface area (TPSA) is 85.9 Å². The van der Waals surface area contributed by atoms with Gasteiger partial charge >= 0.3 is 12.0 Å². The molecular weight excluding hydrogens is 420 g/mol. The summed E-state index contributed by atoms with van der Waals surface area (Å²) in [5.41, 5.74) is 1.92. The first kappa shape index (κ1) is 22.5.